The fourth-order valence-electron chi connectivity index (χ4n) is 2.24. The number of nitriles is 1. The Morgan fingerprint density at radius 3 is 2.28 bits per heavy atom. The fourth-order valence-corrected chi connectivity index (χ4v) is 2.24. The summed E-state index contributed by atoms with van der Waals surface area (Å²) >= 11 is 0. The maximum absolute atomic E-state index is 13.0. The van der Waals surface area contributed by atoms with Gasteiger partial charge >= 0.3 is 0 Å². The van der Waals surface area contributed by atoms with Gasteiger partial charge in [-0.05, 0) is 31.0 Å². The van der Waals surface area contributed by atoms with Crippen molar-refractivity contribution in [3.8, 4) is 6.07 Å². The summed E-state index contributed by atoms with van der Waals surface area (Å²) in [4.78, 5) is 35.3. The highest BCUT2D eigenvalue weighted by atomic mass is 19.1. The predicted octanol–water partition coefficient (Wildman–Crippen LogP) is 0.393. The van der Waals surface area contributed by atoms with Crippen LogP contribution in [0.5, 0.6) is 0 Å². The van der Waals surface area contributed by atoms with E-state index in [1.807, 2.05) is 6.07 Å². The van der Waals surface area contributed by atoms with Crippen LogP contribution >= 0.6 is 0 Å². The molecule has 7 nitrogen and oxygen atoms in total. The molecule has 1 rings (SSSR count). The molecule has 0 unspecified atom stereocenters. The van der Waals surface area contributed by atoms with Crippen molar-refractivity contribution in [2.75, 3.05) is 0 Å². The van der Waals surface area contributed by atoms with Crippen LogP contribution in [0.15, 0.2) is 24.3 Å². The van der Waals surface area contributed by atoms with Crippen LogP contribution < -0.4 is 16.4 Å². The first-order valence-corrected chi connectivity index (χ1v) is 7.73. The van der Waals surface area contributed by atoms with Crippen molar-refractivity contribution < 1.29 is 18.8 Å². The standard InChI is InChI=1S/C17H21FN4O3/c1-10(9-19)7-14(16(20)24)22-17(25)15(21-11(2)23)8-12-3-5-13(18)6-4-12/h3-6,10,14-15H,7-8H2,1-2H3,(H2,20,24)(H,21,23)(H,22,25)/t10-,14+,15+/m1/s1. The Kier molecular flexibility index (Phi) is 7.53. The van der Waals surface area contributed by atoms with E-state index < -0.39 is 41.5 Å². The second kappa shape index (κ2) is 9.37. The molecule has 0 saturated heterocycles. The molecule has 0 spiro atoms. The second-order valence-corrected chi connectivity index (χ2v) is 5.81. The molecule has 0 aliphatic rings. The third kappa shape index (κ3) is 6.99. The third-order valence-corrected chi connectivity index (χ3v) is 3.52. The second-order valence-electron chi connectivity index (χ2n) is 5.81. The number of hydrogen-bond donors (Lipinski definition) is 3. The first kappa shape index (κ1) is 20.1. The Bertz CT molecular complexity index is 669. The zero-order valence-electron chi connectivity index (χ0n) is 14.1. The average molecular weight is 348 g/mol. The quantitative estimate of drug-likeness (QED) is 0.628. The van der Waals surface area contributed by atoms with E-state index in [0.29, 0.717) is 5.56 Å². The van der Waals surface area contributed by atoms with Crippen LogP contribution in [0, 0.1) is 23.1 Å². The number of halogens is 1. The van der Waals surface area contributed by atoms with Crippen LogP contribution in [0.25, 0.3) is 0 Å². The van der Waals surface area contributed by atoms with Gasteiger partial charge in [0.15, 0.2) is 0 Å². The van der Waals surface area contributed by atoms with Gasteiger partial charge in [0, 0.05) is 19.3 Å². The molecule has 4 N–H and O–H groups in total. The molecule has 25 heavy (non-hydrogen) atoms. The van der Waals surface area contributed by atoms with Crippen molar-refractivity contribution in [2.24, 2.45) is 11.7 Å². The lowest BCUT2D eigenvalue weighted by molar-refractivity contribution is -0.131. The zero-order chi connectivity index (χ0) is 19.0. The number of primary amides is 1. The summed E-state index contributed by atoms with van der Waals surface area (Å²) < 4.78 is 13.0. The van der Waals surface area contributed by atoms with Crippen LogP contribution in [0.3, 0.4) is 0 Å². The molecule has 134 valence electrons. The van der Waals surface area contributed by atoms with E-state index in [4.69, 9.17) is 11.0 Å². The van der Waals surface area contributed by atoms with E-state index >= 15 is 0 Å². The van der Waals surface area contributed by atoms with Crippen molar-refractivity contribution in [1.82, 2.24) is 10.6 Å². The predicted molar refractivity (Wildman–Crippen MR) is 88.2 cm³/mol. The van der Waals surface area contributed by atoms with Gasteiger partial charge in [-0.1, -0.05) is 12.1 Å². The molecule has 0 saturated carbocycles. The van der Waals surface area contributed by atoms with E-state index in [2.05, 4.69) is 10.6 Å². The molecule has 0 aliphatic carbocycles. The molecule has 0 radical (unpaired) electrons. The monoisotopic (exact) mass is 348 g/mol. The van der Waals surface area contributed by atoms with Crippen molar-refractivity contribution >= 4 is 17.7 Å². The molecule has 0 bridgehead atoms. The Hall–Kier alpha value is -2.95. The van der Waals surface area contributed by atoms with Crippen molar-refractivity contribution in [3.63, 3.8) is 0 Å². The summed E-state index contributed by atoms with van der Waals surface area (Å²) in [7, 11) is 0. The Balaban J connectivity index is 2.87. The van der Waals surface area contributed by atoms with Gasteiger partial charge in [0.25, 0.3) is 0 Å². The lowest BCUT2D eigenvalue weighted by atomic mass is 10.0. The fraction of sp³-hybridized carbons (Fsp3) is 0.412. The first-order chi connectivity index (χ1) is 11.7. The summed E-state index contributed by atoms with van der Waals surface area (Å²) in [6.45, 7) is 2.86. The number of carbonyl (C=O) groups excluding carboxylic acids is 3. The molecular weight excluding hydrogens is 327 g/mol. The molecular formula is C17H21FN4O3. The zero-order valence-corrected chi connectivity index (χ0v) is 14.1. The van der Waals surface area contributed by atoms with Gasteiger partial charge in [-0.15, -0.1) is 0 Å². The highest BCUT2D eigenvalue weighted by Crippen LogP contribution is 2.08. The van der Waals surface area contributed by atoms with E-state index in [1.165, 1.54) is 31.2 Å². The van der Waals surface area contributed by atoms with Crippen LogP contribution in [0.2, 0.25) is 0 Å². The number of benzene rings is 1. The normalized spacial score (nSPS) is 13.8. The van der Waals surface area contributed by atoms with E-state index in [0.717, 1.165) is 0 Å². The minimum absolute atomic E-state index is 0.0704. The Morgan fingerprint density at radius 1 is 1.20 bits per heavy atom. The average Bonchev–Trinajstić information content (AvgIpc) is 2.54. The van der Waals surface area contributed by atoms with Gasteiger partial charge in [0.2, 0.25) is 17.7 Å². The molecule has 1 aromatic carbocycles. The third-order valence-electron chi connectivity index (χ3n) is 3.52. The Labute approximate surface area is 145 Å². The lowest BCUT2D eigenvalue weighted by Crippen LogP contribution is -2.53. The van der Waals surface area contributed by atoms with Gasteiger partial charge < -0.3 is 16.4 Å². The highest BCUT2D eigenvalue weighted by Gasteiger charge is 2.26. The van der Waals surface area contributed by atoms with Crippen LogP contribution in [0.1, 0.15) is 25.8 Å². The van der Waals surface area contributed by atoms with Gasteiger partial charge in [0.1, 0.15) is 17.9 Å². The summed E-state index contributed by atoms with van der Waals surface area (Å²) in [5.41, 5.74) is 5.90. The maximum atomic E-state index is 13.0. The Morgan fingerprint density at radius 2 is 1.80 bits per heavy atom. The summed E-state index contributed by atoms with van der Waals surface area (Å²) in [5, 5.41) is 13.8. The van der Waals surface area contributed by atoms with E-state index in [-0.39, 0.29) is 12.8 Å². The summed E-state index contributed by atoms with van der Waals surface area (Å²) in [6, 6.07) is 5.49. The van der Waals surface area contributed by atoms with Crippen molar-refractivity contribution in [2.45, 2.75) is 38.8 Å². The lowest BCUT2D eigenvalue weighted by Gasteiger charge is -2.22. The molecule has 1 aromatic rings. The van der Waals surface area contributed by atoms with Gasteiger partial charge in [-0.3, -0.25) is 14.4 Å². The molecule has 0 aromatic heterocycles. The van der Waals surface area contributed by atoms with Crippen molar-refractivity contribution in [1.29, 1.82) is 5.26 Å². The van der Waals surface area contributed by atoms with Crippen LogP contribution in [-0.2, 0) is 20.8 Å². The molecule has 0 heterocycles. The minimum Gasteiger partial charge on any atom is -0.368 e. The van der Waals surface area contributed by atoms with Crippen LogP contribution in [-0.4, -0.2) is 29.8 Å². The van der Waals surface area contributed by atoms with Gasteiger partial charge in [0.05, 0.1) is 6.07 Å². The minimum atomic E-state index is -1.02. The number of nitrogens with one attached hydrogen (secondary N) is 2. The summed E-state index contributed by atoms with van der Waals surface area (Å²) in [6.07, 6.45) is 0.186. The van der Waals surface area contributed by atoms with E-state index in [1.54, 1.807) is 6.92 Å². The van der Waals surface area contributed by atoms with E-state index in [9.17, 15) is 18.8 Å². The number of hydrogen-bond acceptors (Lipinski definition) is 4. The SMILES string of the molecule is CC(=O)N[C@@H](Cc1ccc(F)cc1)C(=O)N[C@@H](C[C@@H](C)C#N)C(N)=O. The van der Waals surface area contributed by atoms with Gasteiger partial charge in [-0.2, -0.15) is 5.26 Å². The molecule has 8 heteroatoms. The topological polar surface area (TPSA) is 125 Å². The molecule has 3 atom stereocenters. The number of rotatable bonds is 8. The smallest absolute Gasteiger partial charge is 0.243 e. The highest BCUT2D eigenvalue weighted by molar-refractivity contribution is 5.91. The summed E-state index contributed by atoms with van der Waals surface area (Å²) in [5.74, 6) is -2.69. The molecule has 0 fully saturated rings. The largest absolute Gasteiger partial charge is 0.368 e. The maximum Gasteiger partial charge on any atom is 0.243 e. The number of nitrogens with zero attached hydrogens (tertiary/aromatic N) is 1. The van der Waals surface area contributed by atoms with Crippen molar-refractivity contribution in [3.05, 3.63) is 35.6 Å². The first-order valence-electron chi connectivity index (χ1n) is 7.73. The molecule has 3 amide bonds. The van der Waals surface area contributed by atoms with Gasteiger partial charge in [-0.25, -0.2) is 4.39 Å². The number of amides is 3. The van der Waals surface area contributed by atoms with Crippen LogP contribution in [0.4, 0.5) is 4.39 Å². The number of carbonyl (C=O) groups is 3. The molecule has 0 aliphatic heterocycles. The number of nitrogens with two attached hydrogens (primary N) is 1.